The summed E-state index contributed by atoms with van der Waals surface area (Å²) in [5.41, 5.74) is 3.14. The number of ketones is 1. The SMILES string of the molecule is CCOc1cccc([C@H]2/C(=C(\O)c3ccc4c(c3)C[C@@H](C)O4)C(=O)C(=O)N2c2nnc(SCc3cccc4ccccc34)s2)c1. The molecule has 4 aromatic carbocycles. The zero-order valence-electron chi connectivity index (χ0n) is 24.6. The number of nitrogens with zero attached hydrogens (tertiary/aromatic N) is 3. The van der Waals surface area contributed by atoms with Crippen LogP contribution in [0.1, 0.15) is 42.1 Å². The van der Waals surface area contributed by atoms with Crippen LogP contribution in [0.4, 0.5) is 5.13 Å². The molecule has 45 heavy (non-hydrogen) atoms. The Balaban J connectivity index is 1.26. The predicted octanol–water partition coefficient (Wildman–Crippen LogP) is 7.33. The Morgan fingerprint density at radius 1 is 1.04 bits per heavy atom. The van der Waals surface area contributed by atoms with E-state index in [1.807, 2.05) is 50.2 Å². The fourth-order valence-electron chi connectivity index (χ4n) is 5.93. The average molecular weight is 636 g/mol. The molecule has 0 spiro atoms. The molecular formula is C35H29N3O5S2. The summed E-state index contributed by atoms with van der Waals surface area (Å²) in [6.45, 7) is 4.32. The second kappa shape index (κ2) is 12.0. The number of aliphatic hydroxyl groups excluding tert-OH is 1. The highest BCUT2D eigenvalue weighted by atomic mass is 32.2. The van der Waals surface area contributed by atoms with Gasteiger partial charge in [-0.15, -0.1) is 10.2 Å². The summed E-state index contributed by atoms with van der Waals surface area (Å²) >= 11 is 2.76. The average Bonchev–Trinajstić information content (AvgIpc) is 3.74. The summed E-state index contributed by atoms with van der Waals surface area (Å²) in [6.07, 6.45) is 0.712. The van der Waals surface area contributed by atoms with Crippen LogP contribution in [0, 0.1) is 0 Å². The van der Waals surface area contributed by atoms with E-state index in [-0.39, 0.29) is 22.6 Å². The minimum Gasteiger partial charge on any atom is -0.507 e. The molecule has 3 heterocycles. The molecule has 1 fully saturated rings. The van der Waals surface area contributed by atoms with Gasteiger partial charge in [0.2, 0.25) is 5.13 Å². The minimum absolute atomic E-state index is 0.0132. The zero-order valence-corrected chi connectivity index (χ0v) is 26.2. The number of carbonyl (C=O) groups is 2. The van der Waals surface area contributed by atoms with Crippen LogP contribution >= 0.6 is 23.1 Å². The maximum atomic E-state index is 13.7. The van der Waals surface area contributed by atoms with Crippen molar-refractivity contribution in [2.75, 3.05) is 11.5 Å². The van der Waals surface area contributed by atoms with E-state index in [2.05, 4.69) is 34.5 Å². The first kappa shape index (κ1) is 29.1. The first-order valence-corrected chi connectivity index (χ1v) is 16.5. The lowest BCUT2D eigenvalue weighted by Crippen LogP contribution is -2.29. The smallest absolute Gasteiger partial charge is 0.301 e. The first-order valence-electron chi connectivity index (χ1n) is 14.7. The second-order valence-electron chi connectivity index (χ2n) is 10.9. The summed E-state index contributed by atoms with van der Waals surface area (Å²) < 4.78 is 12.2. The molecule has 0 bridgehead atoms. The van der Waals surface area contributed by atoms with Gasteiger partial charge in [0, 0.05) is 17.7 Å². The second-order valence-corrected chi connectivity index (χ2v) is 13.1. The lowest BCUT2D eigenvalue weighted by molar-refractivity contribution is -0.132. The molecule has 1 aromatic heterocycles. The van der Waals surface area contributed by atoms with E-state index < -0.39 is 17.7 Å². The van der Waals surface area contributed by atoms with Gasteiger partial charge in [0.05, 0.1) is 18.2 Å². The van der Waals surface area contributed by atoms with E-state index in [4.69, 9.17) is 9.47 Å². The van der Waals surface area contributed by atoms with Crippen LogP contribution < -0.4 is 14.4 Å². The van der Waals surface area contributed by atoms with Gasteiger partial charge in [0.15, 0.2) is 4.34 Å². The Morgan fingerprint density at radius 3 is 2.73 bits per heavy atom. The largest absolute Gasteiger partial charge is 0.507 e. The Bertz CT molecular complexity index is 1980. The van der Waals surface area contributed by atoms with E-state index in [1.165, 1.54) is 33.4 Å². The summed E-state index contributed by atoms with van der Waals surface area (Å²) in [4.78, 5) is 28.8. The highest BCUT2D eigenvalue weighted by molar-refractivity contribution is 8.00. The quantitative estimate of drug-likeness (QED) is 0.0622. The van der Waals surface area contributed by atoms with Crippen LogP contribution in [-0.2, 0) is 21.8 Å². The molecule has 2 atom stereocenters. The molecule has 1 saturated heterocycles. The first-order chi connectivity index (χ1) is 21.9. The number of Topliss-reactive ketones (excluding diaryl/α,β-unsaturated/α-hetero) is 1. The predicted molar refractivity (Wildman–Crippen MR) is 176 cm³/mol. The summed E-state index contributed by atoms with van der Waals surface area (Å²) in [7, 11) is 0. The van der Waals surface area contributed by atoms with Crippen molar-refractivity contribution in [2.45, 2.75) is 42.5 Å². The molecule has 0 unspecified atom stereocenters. The van der Waals surface area contributed by atoms with Crippen LogP contribution in [0.15, 0.2) is 94.8 Å². The molecule has 0 radical (unpaired) electrons. The molecule has 5 aromatic rings. The van der Waals surface area contributed by atoms with Gasteiger partial charge >= 0.3 is 5.91 Å². The maximum absolute atomic E-state index is 13.7. The van der Waals surface area contributed by atoms with E-state index in [1.54, 1.807) is 24.3 Å². The molecule has 226 valence electrons. The molecule has 10 heteroatoms. The minimum atomic E-state index is -0.933. The number of benzene rings is 4. The van der Waals surface area contributed by atoms with Gasteiger partial charge in [-0.2, -0.15) is 0 Å². The van der Waals surface area contributed by atoms with Crippen LogP contribution in [-0.4, -0.2) is 39.7 Å². The molecule has 2 aliphatic rings. The third-order valence-corrected chi connectivity index (χ3v) is 10.0. The van der Waals surface area contributed by atoms with Crippen molar-refractivity contribution in [1.29, 1.82) is 0 Å². The Kier molecular flexibility index (Phi) is 7.76. The van der Waals surface area contributed by atoms with Crippen molar-refractivity contribution in [3.63, 3.8) is 0 Å². The Labute approximate surface area is 268 Å². The molecule has 2 aliphatic heterocycles. The Hall–Kier alpha value is -4.67. The van der Waals surface area contributed by atoms with Crippen LogP contribution in [0.25, 0.3) is 16.5 Å². The van der Waals surface area contributed by atoms with Gasteiger partial charge in [0.25, 0.3) is 5.78 Å². The Morgan fingerprint density at radius 2 is 1.87 bits per heavy atom. The third kappa shape index (κ3) is 5.44. The van der Waals surface area contributed by atoms with Crippen molar-refractivity contribution >= 4 is 56.5 Å². The van der Waals surface area contributed by atoms with E-state index in [9.17, 15) is 14.7 Å². The van der Waals surface area contributed by atoms with E-state index in [0.29, 0.717) is 40.0 Å². The van der Waals surface area contributed by atoms with Gasteiger partial charge in [0.1, 0.15) is 23.4 Å². The number of amides is 1. The molecule has 0 aliphatic carbocycles. The molecule has 7 rings (SSSR count). The summed E-state index contributed by atoms with van der Waals surface area (Å²) in [5.74, 6) is 0.193. The lowest BCUT2D eigenvalue weighted by Gasteiger charge is -2.23. The number of ether oxygens (including phenoxy) is 2. The molecule has 1 N–H and O–H groups in total. The van der Waals surface area contributed by atoms with Crippen molar-refractivity contribution < 1.29 is 24.2 Å². The van der Waals surface area contributed by atoms with Gasteiger partial charge in [-0.3, -0.25) is 14.5 Å². The number of rotatable bonds is 8. The lowest BCUT2D eigenvalue weighted by atomic mass is 9.94. The standard InChI is InChI=1S/C35H29N3O5S2/c1-3-42-26-12-7-10-22(18-26)30-29(31(39)23-14-15-28-25(17-23)16-20(2)43-28)32(40)33(41)38(30)34-36-37-35(45-34)44-19-24-11-6-9-21-8-4-5-13-27(21)24/h4-15,17-18,20,30,39H,3,16,19H2,1-2H3/b31-29+/t20-,30+/m1/s1. The van der Waals surface area contributed by atoms with Crippen LogP contribution in [0.2, 0.25) is 0 Å². The highest BCUT2D eigenvalue weighted by Crippen LogP contribution is 2.45. The summed E-state index contributed by atoms with van der Waals surface area (Å²) in [6, 6.07) is 26.0. The van der Waals surface area contributed by atoms with Crippen LogP contribution in [0.5, 0.6) is 11.5 Å². The highest BCUT2D eigenvalue weighted by Gasteiger charge is 2.48. The van der Waals surface area contributed by atoms with Crippen molar-refractivity contribution in [3.8, 4) is 11.5 Å². The van der Waals surface area contributed by atoms with E-state index in [0.717, 1.165) is 22.3 Å². The van der Waals surface area contributed by atoms with Gasteiger partial charge in [-0.25, -0.2) is 0 Å². The van der Waals surface area contributed by atoms with Crippen molar-refractivity contribution in [3.05, 3.63) is 113 Å². The maximum Gasteiger partial charge on any atom is 0.301 e. The summed E-state index contributed by atoms with van der Waals surface area (Å²) in [5, 5.41) is 23.0. The number of carbonyl (C=O) groups excluding carboxylic acids is 2. The number of anilines is 1. The van der Waals surface area contributed by atoms with Crippen molar-refractivity contribution in [1.82, 2.24) is 10.2 Å². The van der Waals surface area contributed by atoms with Gasteiger partial charge in [-0.05, 0) is 71.6 Å². The van der Waals surface area contributed by atoms with E-state index >= 15 is 0 Å². The number of thioether (sulfide) groups is 1. The van der Waals surface area contributed by atoms with Crippen molar-refractivity contribution in [2.24, 2.45) is 0 Å². The topological polar surface area (TPSA) is 102 Å². The number of hydrogen-bond donors (Lipinski definition) is 1. The zero-order chi connectivity index (χ0) is 31.1. The fraction of sp³-hybridized carbons (Fsp3) is 0.200. The number of hydrogen-bond acceptors (Lipinski definition) is 9. The van der Waals surface area contributed by atoms with Crippen LogP contribution in [0.3, 0.4) is 0 Å². The number of aliphatic hydroxyl groups is 1. The fourth-order valence-corrected chi connectivity index (χ4v) is 7.80. The number of fused-ring (bicyclic) bond motifs is 2. The normalized spacial score (nSPS) is 18.8. The molecule has 8 nitrogen and oxygen atoms in total. The monoisotopic (exact) mass is 635 g/mol. The number of aromatic nitrogens is 2. The van der Waals surface area contributed by atoms with Gasteiger partial charge < -0.3 is 14.6 Å². The third-order valence-electron chi connectivity index (χ3n) is 7.93. The molecule has 1 amide bonds. The molecule has 0 saturated carbocycles. The van der Waals surface area contributed by atoms with Gasteiger partial charge in [-0.1, -0.05) is 77.7 Å². The molecular weight excluding hydrogens is 607 g/mol.